The average molecular weight is 445 g/mol. The normalized spacial score (nSPS) is 16.2. The summed E-state index contributed by atoms with van der Waals surface area (Å²) in [5.74, 6) is 0.613. The number of aryl methyl sites for hydroxylation is 1. The first kappa shape index (κ1) is 20.2. The van der Waals surface area contributed by atoms with Crippen LogP contribution in [0.5, 0.6) is 0 Å². The molecule has 30 heavy (non-hydrogen) atoms. The second kappa shape index (κ2) is 8.36. The lowest BCUT2D eigenvalue weighted by Gasteiger charge is -2.14. The third-order valence-electron chi connectivity index (χ3n) is 4.81. The van der Waals surface area contributed by atoms with Crippen molar-refractivity contribution in [3.05, 3.63) is 47.3 Å². The number of aromatic nitrogens is 4. The first-order chi connectivity index (χ1) is 14.5. The van der Waals surface area contributed by atoms with E-state index in [-0.39, 0.29) is 18.2 Å². The van der Waals surface area contributed by atoms with Crippen LogP contribution in [0.4, 0.5) is 5.13 Å². The number of anilines is 1. The third kappa shape index (κ3) is 3.98. The minimum Gasteiger partial charge on any atom is -0.467 e. The number of amides is 2. The van der Waals surface area contributed by atoms with Crippen LogP contribution in [0.3, 0.4) is 0 Å². The van der Waals surface area contributed by atoms with Crippen LogP contribution in [-0.2, 0) is 22.7 Å². The van der Waals surface area contributed by atoms with Gasteiger partial charge in [0.1, 0.15) is 5.76 Å². The van der Waals surface area contributed by atoms with E-state index in [0.717, 1.165) is 10.6 Å². The summed E-state index contributed by atoms with van der Waals surface area (Å²) in [6.45, 7) is 6.82. The Kier molecular flexibility index (Phi) is 5.64. The molecule has 156 valence electrons. The lowest BCUT2D eigenvalue weighted by Crippen LogP contribution is -2.27. The summed E-state index contributed by atoms with van der Waals surface area (Å²) in [5, 5.41) is 10.4. The lowest BCUT2D eigenvalue weighted by atomic mass is 10.1. The molecule has 1 aliphatic heterocycles. The molecule has 0 aliphatic carbocycles. The molecule has 0 bridgehead atoms. The van der Waals surface area contributed by atoms with Crippen LogP contribution in [0, 0.1) is 17.6 Å². The zero-order valence-corrected chi connectivity index (χ0v) is 17.9. The molecule has 3 aromatic heterocycles. The summed E-state index contributed by atoms with van der Waals surface area (Å²) in [5.41, 5.74) is 0.733. The fourth-order valence-corrected chi connectivity index (χ4v) is 4.52. The molecule has 1 aliphatic rings. The second-order valence-corrected chi connectivity index (χ2v) is 8.31. The number of likely N-dealkylation sites (tertiary alicyclic amines) is 1. The topological polar surface area (TPSA) is 109 Å². The van der Waals surface area contributed by atoms with Gasteiger partial charge in [0, 0.05) is 19.5 Å². The van der Waals surface area contributed by atoms with Crippen molar-refractivity contribution in [1.29, 1.82) is 0 Å². The highest BCUT2D eigenvalue weighted by atomic mass is 32.1. The Morgan fingerprint density at radius 1 is 1.57 bits per heavy atom. The molecule has 9 nitrogen and oxygen atoms in total. The molecule has 0 radical (unpaired) electrons. The molecule has 0 saturated carbocycles. The van der Waals surface area contributed by atoms with E-state index < -0.39 is 5.92 Å². The molecule has 1 fully saturated rings. The highest BCUT2D eigenvalue weighted by Crippen LogP contribution is 2.32. The Labute approximate surface area is 181 Å². The maximum atomic E-state index is 12.7. The van der Waals surface area contributed by atoms with Crippen molar-refractivity contribution < 1.29 is 14.0 Å². The summed E-state index contributed by atoms with van der Waals surface area (Å²) in [7, 11) is 0. The smallest absolute Gasteiger partial charge is 0.231 e. The highest BCUT2D eigenvalue weighted by Gasteiger charge is 2.35. The number of carbonyl (C=O) groups is 2. The Hall–Kier alpha value is -3.05. The SMILES string of the molecule is C=CCn1c(-c2sc(NC(=O)C3CC(=O)N(Cc4ccco4)C3)nc2C)n[nH]c1=S. The third-order valence-corrected chi connectivity index (χ3v) is 6.19. The maximum Gasteiger partial charge on any atom is 0.231 e. The van der Waals surface area contributed by atoms with Gasteiger partial charge < -0.3 is 14.6 Å². The first-order valence-corrected chi connectivity index (χ1v) is 10.5. The Balaban J connectivity index is 1.46. The van der Waals surface area contributed by atoms with Gasteiger partial charge in [-0.05, 0) is 31.3 Å². The maximum absolute atomic E-state index is 12.7. The number of nitrogens with zero attached hydrogens (tertiary/aromatic N) is 4. The number of nitrogens with one attached hydrogen (secondary N) is 2. The number of H-pyrrole nitrogens is 1. The molecule has 4 rings (SSSR count). The van der Waals surface area contributed by atoms with Gasteiger partial charge in [0.2, 0.25) is 11.8 Å². The van der Waals surface area contributed by atoms with Crippen LogP contribution in [0.25, 0.3) is 10.7 Å². The van der Waals surface area contributed by atoms with Crippen molar-refractivity contribution >= 4 is 40.5 Å². The molecule has 0 spiro atoms. The molecule has 3 aromatic rings. The first-order valence-electron chi connectivity index (χ1n) is 9.31. The summed E-state index contributed by atoms with van der Waals surface area (Å²) in [6, 6.07) is 3.58. The van der Waals surface area contributed by atoms with Crippen molar-refractivity contribution in [3.8, 4) is 10.7 Å². The van der Waals surface area contributed by atoms with Gasteiger partial charge in [-0.25, -0.2) is 4.98 Å². The predicted octanol–water partition coefficient (Wildman–Crippen LogP) is 3.14. The molecule has 11 heteroatoms. The van der Waals surface area contributed by atoms with Gasteiger partial charge in [-0.15, -0.1) is 6.58 Å². The number of thiazole rings is 1. The number of allylic oxidation sites excluding steroid dienone is 1. The van der Waals surface area contributed by atoms with Gasteiger partial charge in [0.25, 0.3) is 0 Å². The minimum atomic E-state index is -0.435. The molecular weight excluding hydrogens is 424 g/mol. The van der Waals surface area contributed by atoms with E-state index >= 15 is 0 Å². The number of hydrogen-bond acceptors (Lipinski definition) is 7. The molecule has 1 unspecified atom stereocenters. The van der Waals surface area contributed by atoms with Crippen molar-refractivity contribution in [3.63, 3.8) is 0 Å². The van der Waals surface area contributed by atoms with Crippen LogP contribution in [-0.4, -0.2) is 43.0 Å². The number of carbonyl (C=O) groups excluding carboxylic acids is 2. The molecule has 2 amide bonds. The van der Waals surface area contributed by atoms with Crippen LogP contribution in [0.15, 0.2) is 35.5 Å². The van der Waals surface area contributed by atoms with Gasteiger partial charge in [-0.2, -0.15) is 5.10 Å². The standard InChI is InChI=1S/C19H20N6O3S2/c1-3-6-25-16(22-23-19(25)29)15-11(2)20-18(30-15)21-17(27)12-8-14(26)24(9-12)10-13-5-4-7-28-13/h3-5,7,12H,1,6,8-10H2,2H3,(H,23,29)(H,20,21,27). The molecular formula is C19H20N6O3S2. The van der Waals surface area contributed by atoms with Crippen LogP contribution in [0.1, 0.15) is 17.9 Å². The van der Waals surface area contributed by atoms with E-state index in [4.69, 9.17) is 16.6 Å². The number of aromatic amines is 1. The molecule has 2 N–H and O–H groups in total. The Morgan fingerprint density at radius 3 is 3.13 bits per heavy atom. The van der Waals surface area contributed by atoms with E-state index in [2.05, 4.69) is 27.1 Å². The van der Waals surface area contributed by atoms with Crippen molar-refractivity contribution in [2.24, 2.45) is 5.92 Å². The molecule has 1 atom stereocenters. The van der Waals surface area contributed by atoms with E-state index in [0.29, 0.717) is 41.1 Å². The van der Waals surface area contributed by atoms with Gasteiger partial charge in [0.05, 0.1) is 29.3 Å². The van der Waals surface area contributed by atoms with E-state index in [1.807, 2.05) is 17.6 Å². The number of hydrogen-bond donors (Lipinski definition) is 2. The Bertz CT molecular complexity index is 1140. The fraction of sp³-hybridized carbons (Fsp3) is 0.316. The largest absolute Gasteiger partial charge is 0.467 e. The van der Waals surface area contributed by atoms with Crippen molar-refractivity contribution in [1.82, 2.24) is 24.6 Å². The van der Waals surface area contributed by atoms with Crippen LogP contribution >= 0.6 is 23.6 Å². The van der Waals surface area contributed by atoms with Crippen LogP contribution < -0.4 is 5.32 Å². The highest BCUT2D eigenvalue weighted by molar-refractivity contribution is 7.71. The summed E-state index contributed by atoms with van der Waals surface area (Å²) < 4.78 is 7.60. The molecule has 1 saturated heterocycles. The average Bonchev–Trinajstić information content (AvgIpc) is 3.48. The summed E-state index contributed by atoms with van der Waals surface area (Å²) in [6.07, 6.45) is 3.47. The monoisotopic (exact) mass is 444 g/mol. The van der Waals surface area contributed by atoms with Crippen molar-refractivity contribution in [2.45, 2.75) is 26.4 Å². The van der Waals surface area contributed by atoms with Gasteiger partial charge in [-0.3, -0.25) is 19.3 Å². The number of rotatable bonds is 7. The quantitative estimate of drug-likeness (QED) is 0.428. The molecule has 4 heterocycles. The molecule has 0 aromatic carbocycles. The zero-order valence-electron chi connectivity index (χ0n) is 16.3. The minimum absolute atomic E-state index is 0.0671. The fourth-order valence-electron chi connectivity index (χ4n) is 3.35. The zero-order chi connectivity index (χ0) is 21.3. The second-order valence-electron chi connectivity index (χ2n) is 6.93. The Morgan fingerprint density at radius 2 is 2.40 bits per heavy atom. The van der Waals surface area contributed by atoms with E-state index in [1.54, 1.807) is 23.3 Å². The summed E-state index contributed by atoms with van der Waals surface area (Å²) in [4.78, 5) is 31.9. The van der Waals surface area contributed by atoms with Crippen LogP contribution in [0.2, 0.25) is 0 Å². The van der Waals surface area contributed by atoms with E-state index in [1.165, 1.54) is 11.3 Å². The lowest BCUT2D eigenvalue weighted by molar-refractivity contribution is -0.128. The van der Waals surface area contributed by atoms with Crippen molar-refractivity contribution in [2.75, 3.05) is 11.9 Å². The predicted molar refractivity (Wildman–Crippen MR) is 114 cm³/mol. The van der Waals surface area contributed by atoms with Gasteiger partial charge in [-0.1, -0.05) is 17.4 Å². The number of furan rings is 1. The van der Waals surface area contributed by atoms with Gasteiger partial charge in [0.15, 0.2) is 15.7 Å². The van der Waals surface area contributed by atoms with E-state index in [9.17, 15) is 9.59 Å². The van der Waals surface area contributed by atoms with Gasteiger partial charge >= 0.3 is 0 Å². The summed E-state index contributed by atoms with van der Waals surface area (Å²) >= 11 is 6.58.